The van der Waals surface area contributed by atoms with Crippen LogP contribution in [0.15, 0.2) is 83.3 Å². The molecule has 0 unspecified atom stereocenters. The summed E-state index contributed by atoms with van der Waals surface area (Å²) in [5.74, 6) is -1.67. The summed E-state index contributed by atoms with van der Waals surface area (Å²) in [6, 6.07) is 21.7. The molecule has 2 fully saturated rings. The average molecular weight is 494 g/mol. The lowest BCUT2D eigenvalue weighted by atomic mass is 9.90. The smallest absolute Gasteiger partial charge is 0.269 e. The van der Waals surface area contributed by atoms with E-state index in [0.29, 0.717) is 0 Å². The lowest BCUT2D eigenvalue weighted by Gasteiger charge is -2.28. The molecule has 32 heavy (non-hydrogen) atoms. The van der Waals surface area contributed by atoms with Crippen LogP contribution in [0.2, 0.25) is 0 Å². The van der Waals surface area contributed by atoms with Gasteiger partial charge in [-0.2, -0.15) is 0 Å². The monoisotopic (exact) mass is 493 g/mol. The molecule has 3 aromatic carbocycles. The van der Waals surface area contributed by atoms with Crippen LogP contribution in [0.4, 0.5) is 17.1 Å². The summed E-state index contributed by atoms with van der Waals surface area (Å²) >= 11 is 3.48. The average Bonchev–Trinajstić information content (AvgIpc) is 3.30. The fourth-order valence-electron chi connectivity index (χ4n) is 4.22. The summed E-state index contributed by atoms with van der Waals surface area (Å²) in [5, 5.41) is 12.6. The van der Waals surface area contributed by atoms with Gasteiger partial charge in [0.1, 0.15) is 5.92 Å². The van der Waals surface area contributed by atoms with Crippen LogP contribution in [0.25, 0.3) is 0 Å². The molecule has 0 N–H and O–H groups in total. The van der Waals surface area contributed by atoms with E-state index in [1.165, 1.54) is 24.3 Å². The molecule has 0 radical (unpaired) electrons. The van der Waals surface area contributed by atoms with Gasteiger partial charge in [-0.15, -0.1) is 0 Å². The Bertz CT molecular complexity index is 1220. The minimum atomic E-state index is -0.998. The van der Waals surface area contributed by atoms with E-state index in [1.807, 2.05) is 54.6 Å². The molecule has 0 bridgehead atoms. The maximum absolute atomic E-state index is 13.5. The summed E-state index contributed by atoms with van der Waals surface area (Å²) in [6.45, 7) is 0. The van der Waals surface area contributed by atoms with Crippen molar-refractivity contribution in [2.24, 2.45) is 5.92 Å². The zero-order chi connectivity index (χ0) is 22.4. The van der Waals surface area contributed by atoms with Crippen LogP contribution in [0.5, 0.6) is 0 Å². The van der Waals surface area contributed by atoms with E-state index in [2.05, 4.69) is 15.9 Å². The normalized spacial score (nSPS) is 22.3. The number of hydrogen-bond acceptors (Lipinski definition) is 6. The molecule has 0 spiro atoms. The van der Waals surface area contributed by atoms with Crippen LogP contribution in [-0.4, -0.2) is 22.8 Å². The maximum Gasteiger partial charge on any atom is 0.269 e. The topological polar surface area (TPSA) is 93.0 Å². The number of fused-ring (bicyclic) bond motifs is 1. The number of nitro benzene ring substituents is 1. The second kappa shape index (κ2) is 7.85. The minimum Gasteiger partial charge on any atom is -0.273 e. The van der Waals surface area contributed by atoms with Gasteiger partial charge in [0.15, 0.2) is 6.10 Å². The van der Waals surface area contributed by atoms with Crippen LogP contribution in [0.1, 0.15) is 11.6 Å². The van der Waals surface area contributed by atoms with Crippen LogP contribution >= 0.6 is 15.9 Å². The van der Waals surface area contributed by atoms with Gasteiger partial charge in [0.2, 0.25) is 5.91 Å². The number of halogens is 1. The number of hydroxylamine groups is 1. The Kier molecular flexibility index (Phi) is 4.99. The van der Waals surface area contributed by atoms with Crippen LogP contribution in [0.3, 0.4) is 0 Å². The Hall–Kier alpha value is -3.56. The summed E-state index contributed by atoms with van der Waals surface area (Å²) < 4.78 is 0.843. The molecule has 9 heteroatoms. The highest BCUT2D eigenvalue weighted by atomic mass is 79.9. The lowest BCUT2D eigenvalue weighted by Crippen LogP contribution is -2.37. The van der Waals surface area contributed by atoms with Gasteiger partial charge in [-0.1, -0.05) is 46.3 Å². The zero-order valence-corrected chi connectivity index (χ0v) is 18.1. The molecular formula is C23H16BrN3O5. The van der Waals surface area contributed by atoms with Crippen LogP contribution in [-0.2, 0) is 14.4 Å². The van der Waals surface area contributed by atoms with E-state index in [0.717, 1.165) is 20.6 Å². The van der Waals surface area contributed by atoms with Gasteiger partial charge in [0.25, 0.3) is 11.6 Å². The molecular weight excluding hydrogens is 478 g/mol. The second-order valence-corrected chi connectivity index (χ2v) is 8.41. The predicted octanol–water partition coefficient (Wildman–Crippen LogP) is 4.41. The van der Waals surface area contributed by atoms with Gasteiger partial charge in [-0.05, 0) is 42.0 Å². The van der Waals surface area contributed by atoms with Crippen molar-refractivity contribution in [1.82, 2.24) is 0 Å². The number of non-ortho nitro benzene ring substituents is 1. The number of carbonyl (C=O) groups excluding carboxylic acids is 2. The van der Waals surface area contributed by atoms with Crippen molar-refractivity contribution in [3.8, 4) is 0 Å². The number of anilines is 2. The maximum atomic E-state index is 13.5. The van der Waals surface area contributed by atoms with Gasteiger partial charge in [0.05, 0.1) is 22.3 Å². The molecule has 2 saturated heterocycles. The molecule has 0 aromatic heterocycles. The van der Waals surface area contributed by atoms with E-state index in [4.69, 9.17) is 4.84 Å². The largest absolute Gasteiger partial charge is 0.273 e. The molecule has 2 aliphatic heterocycles. The minimum absolute atomic E-state index is 0.119. The van der Waals surface area contributed by atoms with E-state index in [1.54, 1.807) is 5.06 Å². The molecule has 5 rings (SSSR count). The third kappa shape index (κ3) is 3.26. The molecule has 160 valence electrons. The number of rotatable bonds is 4. The quantitative estimate of drug-likeness (QED) is 0.303. The SMILES string of the molecule is O=C1[C@H]2[C@@H](c3cccc(Br)c3)N(c3ccccc3)O[C@H]2C(=O)N1c1ccc([N+](=O)[O-])cc1. The Morgan fingerprint density at radius 1 is 0.875 bits per heavy atom. The van der Waals surface area contributed by atoms with E-state index >= 15 is 0 Å². The first-order chi connectivity index (χ1) is 15.5. The molecule has 3 aromatic rings. The Morgan fingerprint density at radius 3 is 2.25 bits per heavy atom. The first kappa shape index (κ1) is 20.3. The number of hydrogen-bond donors (Lipinski definition) is 0. The van der Waals surface area contributed by atoms with Gasteiger partial charge in [0, 0.05) is 16.6 Å². The first-order valence-electron chi connectivity index (χ1n) is 9.84. The van der Waals surface area contributed by atoms with E-state index in [9.17, 15) is 19.7 Å². The Balaban J connectivity index is 1.56. The number of amides is 2. The zero-order valence-electron chi connectivity index (χ0n) is 16.5. The molecule has 2 heterocycles. The Labute approximate surface area is 191 Å². The molecule has 2 aliphatic rings. The fraction of sp³-hybridized carbons (Fsp3) is 0.130. The molecule has 3 atom stereocenters. The molecule has 0 saturated carbocycles. The molecule has 0 aliphatic carbocycles. The number of imide groups is 1. The third-order valence-electron chi connectivity index (χ3n) is 5.64. The number of nitrogens with zero attached hydrogens (tertiary/aromatic N) is 3. The number of carbonyl (C=O) groups is 2. The summed E-state index contributed by atoms with van der Waals surface area (Å²) in [5.41, 5.74) is 1.71. The predicted molar refractivity (Wildman–Crippen MR) is 120 cm³/mol. The lowest BCUT2D eigenvalue weighted by molar-refractivity contribution is -0.384. The number of nitro groups is 1. The van der Waals surface area contributed by atoms with Crippen molar-refractivity contribution >= 4 is 44.8 Å². The summed E-state index contributed by atoms with van der Waals surface area (Å²) in [7, 11) is 0. The van der Waals surface area contributed by atoms with Crippen molar-refractivity contribution < 1.29 is 19.3 Å². The third-order valence-corrected chi connectivity index (χ3v) is 6.13. The second-order valence-electron chi connectivity index (χ2n) is 7.50. The fourth-order valence-corrected chi connectivity index (χ4v) is 4.64. The number of para-hydroxylation sites is 1. The van der Waals surface area contributed by atoms with E-state index < -0.39 is 34.8 Å². The van der Waals surface area contributed by atoms with Crippen molar-refractivity contribution in [2.45, 2.75) is 12.1 Å². The highest BCUT2D eigenvalue weighted by molar-refractivity contribution is 9.10. The highest BCUT2D eigenvalue weighted by Crippen LogP contribution is 2.47. The molecule has 2 amide bonds. The van der Waals surface area contributed by atoms with Gasteiger partial charge in [-0.3, -0.25) is 24.5 Å². The van der Waals surface area contributed by atoms with Crippen LogP contribution < -0.4 is 9.96 Å². The molecule has 8 nitrogen and oxygen atoms in total. The van der Waals surface area contributed by atoms with Crippen LogP contribution in [0, 0.1) is 16.0 Å². The van der Waals surface area contributed by atoms with Gasteiger partial charge in [-0.25, -0.2) is 9.96 Å². The van der Waals surface area contributed by atoms with E-state index in [-0.39, 0.29) is 11.4 Å². The summed E-state index contributed by atoms with van der Waals surface area (Å²) in [4.78, 5) is 44.3. The standard InChI is InChI=1S/C23H16BrN3O5/c24-15-6-4-5-14(13-15)20-19-21(32-26(20)17-7-2-1-3-8-17)23(29)25(22(19)28)16-9-11-18(12-10-16)27(30)31/h1-13,19-21H/t19-,20+,21+/m0/s1. The van der Waals surface area contributed by atoms with Crippen molar-refractivity contribution in [3.63, 3.8) is 0 Å². The Morgan fingerprint density at radius 2 is 1.59 bits per heavy atom. The first-order valence-corrected chi connectivity index (χ1v) is 10.6. The van der Waals surface area contributed by atoms with Gasteiger partial charge >= 0.3 is 0 Å². The summed E-state index contributed by atoms with van der Waals surface area (Å²) in [6.07, 6.45) is -0.998. The van der Waals surface area contributed by atoms with Gasteiger partial charge < -0.3 is 0 Å². The van der Waals surface area contributed by atoms with Crippen molar-refractivity contribution in [3.05, 3.63) is 99.0 Å². The number of benzene rings is 3. The van der Waals surface area contributed by atoms with Crippen molar-refractivity contribution in [1.29, 1.82) is 0 Å². The highest BCUT2D eigenvalue weighted by Gasteiger charge is 2.60. The van der Waals surface area contributed by atoms with Crippen molar-refractivity contribution in [2.75, 3.05) is 9.96 Å².